The van der Waals surface area contributed by atoms with Gasteiger partial charge in [-0.15, -0.1) is 0 Å². The smallest absolute Gasteiger partial charge is 0.119 e. The predicted molar refractivity (Wildman–Crippen MR) is 65.7 cm³/mol. The summed E-state index contributed by atoms with van der Waals surface area (Å²) in [6.07, 6.45) is 1.07. The summed E-state index contributed by atoms with van der Waals surface area (Å²) in [7, 11) is 4.17. The highest BCUT2D eigenvalue weighted by Gasteiger charge is 2.10. The first-order valence-electron chi connectivity index (χ1n) is 5.86. The Bertz CT molecular complexity index is 350. The summed E-state index contributed by atoms with van der Waals surface area (Å²) in [5.74, 6) is 1.00. The molecule has 0 atom stereocenters. The van der Waals surface area contributed by atoms with Crippen LogP contribution >= 0.6 is 0 Å². The summed E-state index contributed by atoms with van der Waals surface area (Å²) >= 11 is 0. The third kappa shape index (κ3) is 2.97. The van der Waals surface area contributed by atoms with Crippen molar-refractivity contribution in [2.75, 3.05) is 27.2 Å². The first-order valence-corrected chi connectivity index (χ1v) is 5.86. The number of nitrogens with zero attached hydrogens (tertiary/aromatic N) is 1. The van der Waals surface area contributed by atoms with Crippen molar-refractivity contribution < 1.29 is 4.74 Å². The minimum Gasteiger partial charge on any atom is -0.494 e. The fourth-order valence-electron chi connectivity index (χ4n) is 1.93. The van der Waals surface area contributed by atoms with Gasteiger partial charge < -0.3 is 15.0 Å². The Morgan fingerprint density at radius 1 is 1.25 bits per heavy atom. The monoisotopic (exact) mass is 220 g/mol. The highest BCUT2D eigenvalue weighted by molar-refractivity contribution is 5.37. The summed E-state index contributed by atoms with van der Waals surface area (Å²) in [5.41, 5.74) is 2.78. The van der Waals surface area contributed by atoms with Gasteiger partial charge in [0.05, 0.1) is 6.61 Å². The van der Waals surface area contributed by atoms with Gasteiger partial charge in [0, 0.05) is 19.6 Å². The molecule has 0 saturated heterocycles. The quantitative estimate of drug-likeness (QED) is 0.763. The molecule has 3 heteroatoms. The van der Waals surface area contributed by atoms with Crippen LogP contribution in [0.25, 0.3) is 0 Å². The van der Waals surface area contributed by atoms with Gasteiger partial charge in [0.25, 0.3) is 0 Å². The third-order valence-corrected chi connectivity index (χ3v) is 2.83. The van der Waals surface area contributed by atoms with E-state index >= 15 is 0 Å². The van der Waals surface area contributed by atoms with E-state index < -0.39 is 0 Å². The molecule has 3 nitrogen and oxygen atoms in total. The Hall–Kier alpha value is -1.06. The van der Waals surface area contributed by atoms with Gasteiger partial charge in [-0.1, -0.05) is 6.07 Å². The second kappa shape index (κ2) is 5.32. The Labute approximate surface area is 97.4 Å². The number of benzene rings is 1. The normalized spacial score (nSPS) is 14.2. The topological polar surface area (TPSA) is 24.5 Å². The van der Waals surface area contributed by atoms with Crippen LogP contribution in [0.2, 0.25) is 0 Å². The van der Waals surface area contributed by atoms with Crippen LogP contribution in [-0.4, -0.2) is 32.1 Å². The molecule has 2 rings (SSSR count). The lowest BCUT2D eigenvalue weighted by atomic mass is 10.1. The standard InChI is InChI=1S/C13H20N2O/c1-15(2)6-3-7-16-13-5-4-11-9-14-10-12(11)8-13/h4-5,8,14H,3,6-7,9-10H2,1-2H3. The maximum absolute atomic E-state index is 5.73. The van der Waals surface area contributed by atoms with E-state index in [2.05, 4.69) is 42.5 Å². The minimum absolute atomic E-state index is 0.796. The van der Waals surface area contributed by atoms with Crippen LogP contribution in [0.1, 0.15) is 17.5 Å². The number of nitrogens with one attached hydrogen (secondary N) is 1. The second-order valence-corrected chi connectivity index (χ2v) is 4.54. The van der Waals surface area contributed by atoms with Crippen LogP contribution < -0.4 is 10.1 Å². The van der Waals surface area contributed by atoms with Crippen LogP contribution in [0.5, 0.6) is 5.75 Å². The molecule has 0 fully saturated rings. The van der Waals surface area contributed by atoms with Gasteiger partial charge in [-0.25, -0.2) is 0 Å². The summed E-state index contributed by atoms with van der Waals surface area (Å²) in [5, 5.41) is 3.33. The lowest BCUT2D eigenvalue weighted by molar-refractivity contribution is 0.281. The molecule has 0 aromatic heterocycles. The van der Waals surface area contributed by atoms with Gasteiger partial charge in [-0.3, -0.25) is 0 Å². The summed E-state index contributed by atoms with van der Waals surface area (Å²) in [6.45, 7) is 3.84. The Morgan fingerprint density at radius 2 is 2.06 bits per heavy atom. The van der Waals surface area contributed by atoms with Gasteiger partial charge in [-0.2, -0.15) is 0 Å². The number of ether oxygens (including phenoxy) is 1. The van der Waals surface area contributed by atoms with Gasteiger partial charge in [0.1, 0.15) is 5.75 Å². The zero-order chi connectivity index (χ0) is 11.4. The molecule has 0 unspecified atom stereocenters. The van der Waals surface area contributed by atoms with Gasteiger partial charge in [0.2, 0.25) is 0 Å². The molecule has 0 bridgehead atoms. The van der Waals surface area contributed by atoms with Crippen molar-refractivity contribution in [1.82, 2.24) is 10.2 Å². The highest BCUT2D eigenvalue weighted by Crippen LogP contribution is 2.21. The summed E-state index contributed by atoms with van der Waals surface area (Å²) in [6, 6.07) is 6.39. The zero-order valence-corrected chi connectivity index (χ0v) is 10.1. The largest absolute Gasteiger partial charge is 0.494 e. The van der Waals surface area contributed by atoms with E-state index in [4.69, 9.17) is 4.74 Å². The molecule has 0 amide bonds. The molecule has 0 radical (unpaired) electrons. The van der Waals surface area contributed by atoms with E-state index in [0.29, 0.717) is 0 Å². The molecular formula is C13H20N2O. The van der Waals surface area contributed by atoms with E-state index in [-0.39, 0.29) is 0 Å². The first-order chi connectivity index (χ1) is 7.75. The maximum atomic E-state index is 5.73. The van der Waals surface area contributed by atoms with Crippen LogP contribution in [-0.2, 0) is 13.1 Å². The molecule has 1 heterocycles. The van der Waals surface area contributed by atoms with E-state index in [1.807, 2.05) is 0 Å². The third-order valence-electron chi connectivity index (χ3n) is 2.83. The number of fused-ring (bicyclic) bond motifs is 1. The van der Waals surface area contributed by atoms with Crippen LogP contribution in [0, 0.1) is 0 Å². The van der Waals surface area contributed by atoms with Crippen molar-refractivity contribution in [3.05, 3.63) is 29.3 Å². The van der Waals surface area contributed by atoms with Crippen LogP contribution in [0.4, 0.5) is 0 Å². The van der Waals surface area contributed by atoms with E-state index in [9.17, 15) is 0 Å². The molecule has 1 aliphatic rings. The average Bonchev–Trinajstić information content (AvgIpc) is 2.71. The van der Waals surface area contributed by atoms with Crippen molar-refractivity contribution in [1.29, 1.82) is 0 Å². The molecule has 16 heavy (non-hydrogen) atoms. The van der Waals surface area contributed by atoms with Crippen molar-refractivity contribution in [3.63, 3.8) is 0 Å². The Morgan fingerprint density at radius 3 is 2.88 bits per heavy atom. The molecule has 1 aromatic rings. The van der Waals surface area contributed by atoms with Crippen molar-refractivity contribution in [2.45, 2.75) is 19.5 Å². The molecule has 0 saturated carbocycles. The van der Waals surface area contributed by atoms with E-state index in [1.165, 1.54) is 11.1 Å². The SMILES string of the molecule is CN(C)CCCOc1ccc2c(c1)CNC2. The Balaban J connectivity index is 1.81. The van der Waals surface area contributed by atoms with Gasteiger partial charge in [-0.05, 0) is 43.8 Å². The summed E-state index contributed by atoms with van der Waals surface area (Å²) in [4.78, 5) is 2.18. The lowest BCUT2D eigenvalue weighted by Crippen LogP contribution is -2.15. The zero-order valence-electron chi connectivity index (χ0n) is 10.1. The number of hydrogen-bond donors (Lipinski definition) is 1. The predicted octanol–water partition coefficient (Wildman–Crippen LogP) is 1.62. The van der Waals surface area contributed by atoms with Crippen molar-refractivity contribution in [2.24, 2.45) is 0 Å². The number of rotatable bonds is 5. The minimum atomic E-state index is 0.796. The average molecular weight is 220 g/mol. The van der Waals surface area contributed by atoms with Gasteiger partial charge >= 0.3 is 0 Å². The number of hydrogen-bond acceptors (Lipinski definition) is 3. The molecule has 0 spiro atoms. The lowest BCUT2D eigenvalue weighted by Gasteiger charge is -2.11. The molecule has 1 aliphatic heterocycles. The van der Waals surface area contributed by atoms with E-state index in [0.717, 1.165) is 38.4 Å². The first kappa shape index (κ1) is 11.4. The highest BCUT2D eigenvalue weighted by atomic mass is 16.5. The summed E-state index contributed by atoms with van der Waals surface area (Å²) < 4.78 is 5.73. The molecule has 88 valence electrons. The fourth-order valence-corrected chi connectivity index (χ4v) is 1.93. The van der Waals surface area contributed by atoms with Crippen molar-refractivity contribution >= 4 is 0 Å². The molecule has 1 N–H and O–H groups in total. The van der Waals surface area contributed by atoms with Crippen LogP contribution in [0.3, 0.4) is 0 Å². The molecule has 0 aliphatic carbocycles. The Kier molecular flexibility index (Phi) is 3.80. The molecular weight excluding hydrogens is 200 g/mol. The fraction of sp³-hybridized carbons (Fsp3) is 0.538. The van der Waals surface area contributed by atoms with E-state index in [1.54, 1.807) is 0 Å². The van der Waals surface area contributed by atoms with Gasteiger partial charge in [0.15, 0.2) is 0 Å². The second-order valence-electron chi connectivity index (χ2n) is 4.54. The van der Waals surface area contributed by atoms with Crippen LogP contribution in [0.15, 0.2) is 18.2 Å². The maximum Gasteiger partial charge on any atom is 0.119 e. The molecule has 1 aromatic carbocycles. The van der Waals surface area contributed by atoms with Crippen molar-refractivity contribution in [3.8, 4) is 5.75 Å².